The van der Waals surface area contributed by atoms with Crippen molar-refractivity contribution in [2.24, 2.45) is 11.8 Å². The fraction of sp³-hybridized carbons (Fsp3) is 0.600. The number of aryl methyl sites for hydroxylation is 1. The van der Waals surface area contributed by atoms with Gasteiger partial charge in [0.25, 0.3) is 0 Å². The van der Waals surface area contributed by atoms with Gasteiger partial charge in [-0.25, -0.2) is 0 Å². The summed E-state index contributed by atoms with van der Waals surface area (Å²) in [4.78, 5) is 0. The molecule has 1 nitrogen and oxygen atoms in total. The molecule has 0 radical (unpaired) electrons. The van der Waals surface area contributed by atoms with Crippen molar-refractivity contribution in [2.45, 2.75) is 97.1 Å². The first-order valence-corrected chi connectivity index (χ1v) is 18.7. The molecule has 0 aromatic heterocycles. The third-order valence-electron chi connectivity index (χ3n) is 9.42. The number of ether oxygens (including phenoxy) is 1. The monoisotopic (exact) mass is 480 g/mol. The van der Waals surface area contributed by atoms with E-state index < -0.39 is 16.1 Å². The molecule has 1 fully saturated rings. The molecule has 2 aliphatic carbocycles. The van der Waals surface area contributed by atoms with E-state index in [1.165, 1.54) is 41.4 Å². The zero-order valence-electron chi connectivity index (χ0n) is 22.8. The Bertz CT molecular complexity index is 927. The summed E-state index contributed by atoms with van der Waals surface area (Å²) in [5.41, 5.74) is 3.88. The second kappa shape index (κ2) is 9.73. The lowest BCUT2D eigenvalue weighted by Gasteiger charge is -2.44. The third kappa shape index (κ3) is 4.52. The van der Waals surface area contributed by atoms with Crippen molar-refractivity contribution in [2.75, 3.05) is 6.61 Å². The van der Waals surface area contributed by atoms with Gasteiger partial charge in [-0.2, -0.15) is 0 Å². The van der Waals surface area contributed by atoms with Crippen molar-refractivity contribution in [1.82, 2.24) is 0 Å². The number of hydrogen-bond donors (Lipinski definition) is 0. The highest BCUT2D eigenvalue weighted by Gasteiger charge is 2.52. The molecule has 0 aliphatic heterocycles. The molecule has 1 saturated carbocycles. The van der Waals surface area contributed by atoms with Crippen LogP contribution in [-0.4, -0.2) is 22.8 Å². The number of allylic oxidation sites excluding steroid dienone is 4. The second-order valence-electron chi connectivity index (χ2n) is 12.2. The predicted molar refractivity (Wildman–Crippen MR) is 153 cm³/mol. The Morgan fingerprint density at radius 1 is 1.12 bits per heavy atom. The van der Waals surface area contributed by atoms with Gasteiger partial charge in [0.2, 0.25) is 0 Å². The molecular formula is C30H48OSi2. The van der Waals surface area contributed by atoms with Crippen LogP contribution in [0.3, 0.4) is 0 Å². The van der Waals surface area contributed by atoms with Crippen molar-refractivity contribution in [3.8, 4) is 5.75 Å². The minimum absolute atomic E-state index is 0.259. The van der Waals surface area contributed by atoms with Crippen molar-refractivity contribution in [1.29, 1.82) is 0 Å². The van der Waals surface area contributed by atoms with Crippen molar-refractivity contribution in [3.05, 3.63) is 54.2 Å². The Kier molecular flexibility index (Phi) is 7.75. The summed E-state index contributed by atoms with van der Waals surface area (Å²) in [5, 5.41) is 3.38. The number of rotatable bonds is 8. The van der Waals surface area contributed by atoms with Gasteiger partial charge in [0.05, 0.1) is 16.1 Å². The summed E-state index contributed by atoms with van der Waals surface area (Å²) in [6.45, 7) is 26.7. The lowest BCUT2D eigenvalue weighted by Crippen LogP contribution is -2.57. The zero-order valence-corrected chi connectivity index (χ0v) is 24.8. The first-order valence-electron chi connectivity index (χ1n) is 13.2. The van der Waals surface area contributed by atoms with Gasteiger partial charge in [-0.05, 0) is 52.6 Å². The van der Waals surface area contributed by atoms with Crippen LogP contribution in [0.25, 0.3) is 0 Å². The maximum atomic E-state index is 6.71. The van der Waals surface area contributed by atoms with E-state index in [0.717, 1.165) is 11.8 Å². The highest BCUT2D eigenvalue weighted by molar-refractivity contribution is 6.96. The first-order chi connectivity index (χ1) is 15.4. The average Bonchev–Trinajstić information content (AvgIpc) is 3.09. The maximum absolute atomic E-state index is 6.71. The molecule has 2 aliphatic rings. The van der Waals surface area contributed by atoms with Gasteiger partial charge >= 0.3 is 0 Å². The summed E-state index contributed by atoms with van der Waals surface area (Å²) in [5.74, 6) is 2.74. The molecular weight excluding hydrogens is 433 g/mol. The minimum Gasteiger partial charge on any atom is -0.490 e. The minimum atomic E-state index is -1.89. The molecule has 1 aromatic carbocycles. The fourth-order valence-electron chi connectivity index (χ4n) is 6.61. The fourth-order valence-corrected chi connectivity index (χ4v) is 14.8. The largest absolute Gasteiger partial charge is 0.490 e. The van der Waals surface area contributed by atoms with Crippen molar-refractivity contribution < 1.29 is 4.74 Å². The van der Waals surface area contributed by atoms with Crippen LogP contribution in [0.15, 0.2) is 48.6 Å². The Balaban J connectivity index is 2.33. The van der Waals surface area contributed by atoms with E-state index >= 15 is 0 Å². The standard InChI is InChI=1S/C30H48OSi2/c1-11-18-31-28-26(32(9,10)30(6,7)8)19-22(4)20-27(28)33(12-2,13-3)29-23(5)21-24-16-14-15-17-25(24)29/h11,14-15,17,19-20,23-24,29H,1,12-13,16,18,21H2,2-10H3. The topological polar surface area (TPSA) is 9.23 Å². The van der Waals surface area contributed by atoms with Crippen molar-refractivity contribution >= 4 is 26.5 Å². The van der Waals surface area contributed by atoms with Gasteiger partial charge in [-0.15, -0.1) is 0 Å². The summed E-state index contributed by atoms with van der Waals surface area (Å²) >= 11 is 0. The normalized spacial score (nSPS) is 23.3. The molecule has 33 heavy (non-hydrogen) atoms. The lowest BCUT2D eigenvalue weighted by atomic mass is 9.94. The molecule has 182 valence electrons. The third-order valence-corrected chi connectivity index (χ3v) is 21.0. The van der Waals surface area contributed by atoms with E-state index in [1.54, 1.807) is 10.8 Å². The van der Waals surface area contributed by atoms with Crippen LogP contribution in [0.5, 0.6) is 5.75 Å². The van der Waals surface area contributed by atoms with Gasteiger partial charge in [-0.1, -0.05) is 121 Å². The molecule has 1 aromatic rings. The number of hydrogen-bond acceptors (Lipinski definition) is 1. The molecule has 0 N–H and O–H groups in total. The van der Waals surface area contributed by atoms with E-state index in [2.05, 4.69) is 98.5 Å². The molecule has 3 heteroatoms. The van der Waals surface area contributed by atoms with E-state index in [4.69, 9.17) is 4.74 Å². The molecule has 0 spiro atoms. The molecule has 3 atom stereocenters. The van der Waals surface area contributed by atoms with E-state index in [0.29, 0.717) is 12.1 Å². The highest BCUT2D eigenvalue weighted by Crippen LogP contribution is 2.55. The van der Waals surface area contributed by atoms with E-state index in [-0.39, 0.29) is 5.04 Å². The molecule has 0 amide bonds. The van der Waals surface area contributed by atoms with Gasteiger partial charge in [0.1, 0.15) is 12.4 Å². The van der Waals surface area contributed by atoms with E-state index in [1.807, 2.05) is 6.08 Å². The Hall–Kier alpha value is -1.33. The van der Waals surface area contributed by atoms with Gasteiger partial charge in [0, 0.05) is 0 Å². The first kappa shape index (κ1) is 26.3. The van der Waals surface area contributed by atoms with Crippen LogP contribution in [-0.2, 0) is 0 Å². The smallest absolute Gasteiger partial charge is 0.118 e. The molecule has 0 bridgehead atoms. The molecule has 3 unspecified atom stereocenters. The van der Waals surface area contributed by atoms with Gasteiger partial charge < -0.3 is 4.74 Å². The Morgan fingerprint density at radius 3 is 2.33 bits per heavy atom. The summed E-state index contributed by atoms with van der Waals surface area (Å²) in [6, 6.07) is 7.55. The molecule has 3 rings (SSSR count). The van der Waals surface area contributed by atoms with Crippen LogP contribution in [0.4, 0.5) is 0 Å². The van der Waals surface area contributed by atoms with Crippen LogP contribution in [0, 0.1) is 18.8 Å². The maximum Gasteiger partial charge on any atom is 0.118 e. The van der Waals surface area contributed by atoms with Crippen LogP contribution >= 0.6 is 0 Å². The Labute approximate surface area is 206 Å². The SMILES string of the molecule is C=CCOc1c([Si](CC)(CC)C2C3=CC=CCC3CC2C)cc(C)cc1[Si](C)(C)C(C)(C)C. The van der Waals surface area contributed by atoms with Crippen molar-refractivity contribution in [3.63, 3.8) is 0 Å². The summed E-state index contributed by atoms with van der Waals surface area (Å²) < 4.78 is 6.71. The highest BCUT2D eigenvalue weighted by atomic mass is 28.3. The predicted octanol–water partition coefficient (Wildman–Crippen LogP) is 7.88. The molecule has 0 heterocycles. The van der Waals surface area contributed by atoms with Crippen LogP contribution in [0.2, 0.25) is 35.8 Å². The quantitative estimate of drug-likeness (QED) is 0.271. The zero-order chi connectivity index (χ0) is 24.6. The lowest BCUT2D eigenvalue weighted by molar-refractivity contribution is 0.368. The van der Waals surface area contributed by atoms with Crippen LogP contribution in [0.1, 0.15) is 59.9 Å². The van der Waals surface area contributed by atoms with Gasteiger partial charge in [0.15, 0.2) is 0 Å². The average molecular weight is 481 g/mol. The summed E-state index contributed by atoms with van der Waals surface area (Å²) in [7, 11) is -3.69. The number of fused-ring (bicyclic) bond motifs is 1. The van der Waals surface area contributed by atoms with E-state index in [9.17, 15) is 0 Å². The number of benzene rings is 1. The Morgan fingerprint density at radius 2 is 1.76 bits per heavy atom. The van der Waals surface area contributed by atoms with Gasteiger partial charge in [-0.3, -0.25) is 0 Å². The molecule has 0 saturated heterocycles. The second-order valence-corrected chi connectivity index (χ2v) is 22.4. The summed E-state index contributed by atoms with van der Waals surface area (Å²) in [6.07, 6.45) is 11.7. The van der Waals surface area contributed by atoms with Crippen LogP contribution < -0.4 is 15.1 Å².